The summed E-state index contributed by atoms with van der Waals surface area (Å²) >= 11 is 11.9. The molecule has 0 atom stereocenters. The van der Waals surface area contributed by atoms with Crippen LogP contribution in [0.15, 0.2) is 30.5 Å². The Morgan fingerprint density at radius 2 is 1.84 bits per heavy atom. The quantitative estimate of drug-likeness (QED) is 0.485. The van der Waals surface area contributed by atoms with E-state index in [4.69, 9.17) is 23.2 Å². The van der Waals surface area contributed by atoms with E-state index in [9.17, 15) is 4.39 Å². The summed E-state index contributed by atoms with van der Waals surface area (Å²) < 4.78 is 14.7. The minimum Gasteiger partial charge on any atom is -0.242 e. The van der Waals surface area contributed by atoms with Gasteiger partial charge in [-0.1, -0.05) is 61.5 Å². The Labute approximate surface area is 159 Å². The molecular weight excluding hydrogens is 356 g/mol. The van der Waals surface area contributed by atoms with Crippen LogP contribution in [0.4, 0.5) is 4.39 Å². The molecule has 0 amide bonds. The van der Waals surface area contributed by atoms with Crippen LogP contribution in [0, 0.1) is 11.7 Å². The molecule has 1 heterocycles. The maximum absolute atomic E-state index is 14.7. The predicted molar refractivity (Wildman–Crippen MR) is 104 cm³/mol. The van der Waals surface area contributed by atoms with Gasteiger partial charge in [0.1, 0.15) is 11.0 Å². The number of rotatable bonds is 5. The topological polar surface area (TPSA) is 12.9 Å². The van der Waals surface area contributed by atoms with E-state index in [1.165, 1.54) is 32.1 Å². The van der Waals surface area contributed by atoms with Gasteiger partial charge >= 0.3 is 0 Å². The molecule has 1 aromatic carbocycles. The highest BCUT2D eigenvalue weighted by atomic mass is 35.5. The minimum absolute atomic E-state index is 0.124. The molecule has 134 valence electrons. The number of benzene rings is 1. The first kappa shape index (κ1) is 18.7. The van der Waals surface area contributed by atoms with Crippen molar-refractivity contribution < 1.29 is 4.39 Å². The van der Waals surface area contributed by atoms with Crippen molar-refractivity contribution in [3.05, 3.63) is 52.0 Å². The number of hydrogen-bond acceptors (Lipinski definition) is 1. The third-order valence-corrected chi connectivity index (χ3v) is 6.07. The zero-order chi connectivity index (χ0) is 17.8. The maximum Gasteiger partial charge on any atom is 0.147 e. The molecule has 1 aliphatic carbocycles. The summed E-state index contributed by atoms with van der Waals surface area (Å²) in [5.41, 5.74) is 2.41. The number of unbranched alkanes of at least 4 members (excludes halogenated alkanes) is 1. The van der Waals surface area contributed by atoms with E-state index in [1.807, 2.05) is 12.1 Å². The van der Waals surface area contributed by atoms with Gasteiger partial charge in [-0.15, -0.1) is 0 Å². The fourth-order valence-electron chi connectivity index (χ4n) is 3.87. The second-order valence-electron chi connectivity index (χ2n) is 7.09. The highest BCUT2D eigenvalue weighted by Crippen LogP contribution is 2.39. The number of halogens is 3. The Morgan fingerprint density at radius 3 is 2.48 bits per heavy atom. The van der Waals surface area contributed by atoms with Gasteiger partial charge in [0.15, 0.2) is 0 Å². The molecule has 1 aromatic heterocycles. The van der Waals surface area contributed by atoms with Crippen molar-refractivity contribution in [1.29, 1.82) is 0 Å². The predicted octanol–water partition coefficient (Wildman–Crippen LogP) is 7.66. The lowest BCUT2D eigenvalue weighted by molar-refractivity contribution is 0.301. The van der Waals surface area contributed by atoms with E-state index in [1.54, 1.807) is 18.3 Å². The molecule has 0 aliphatic heterocycles. The normalized spacial score (nSPS) is 20.6. The number of pyridine rings is 1. The van der Waals surface area contributed by atoms with Crippen LogP contribution in [0.25, 0.3) is 11.1 Å². The van der Waals surface area contributed by atoms with Gasteiger partial charge in [0.05, 0.1) is 5.02 Å². The Kier molecular flexibility index (Phi) is 6.35. The molecule has 1 aliphatic rings. The Bertz CT molecular complexity index is 724. The molecule has 1 saturated carbocycles. The zero-order valence-electron chi connectivity index (χ0n) is 14.6. The first-order valence-corrected chi connectivity index (χ1v) is 9.95. The number of nitrogens with zero attached hydrogens (tertiary/aromatic N) is 1. The van der Waals surface area contributed by atoms with Crippen molar-refractivity contribution in [3.8, 4) is 11.1 Å². The summed E-state index contributed by atoms with van der Waals surface area (Å²) in [7, 11) is 0. The van der Waals surface area contributed by atoms with E-state index in [0.717, 1.165) is 35.4 Å². The number of aromatic nitrogens is 1. The van der Waals surface area contributed by atoms with Gasteiger partial charge in [0, 0.05) is 11.8 Å². The van der Waals surface area contributed by atoms with Gasteiger partial charge < -0.3 is 0 Å². The third kappa shape index (κ3) is 4.54. The van der Waals surface area contributed by atoms with Crippen LogP contribution in [0.5, 0.6) is 0 Å². The lowest BCUT2D eigenvalue weighted by Gasteiger charge is -2.29. The molecular formula is C21H24Cl2FN. The van der Waals surface area contributed by atoms with Gasteiger partial charge in [0.25, 0.3) is 0 Å². The van der Waals surface area contributed by atoms with Crippen LogP contribution < -0.4 is 0 Å². The fourth-order valence-corrected chi connectivity index (χ4v) is 4.14. The lowest BCUT2D eigenvalue weighted by atomic mass is 9.77. The second-order valence-corrected chi connectivity index (χ2v) is 7.86. The monoisotopic (exact) mass is 379 g/mol. The average Bonchev–Trinajstić information content (AvgIpc) is 2.63. The highest BCUT2D eigenvalue weighted by Gasteiger charge is 2.24. The SMILES string of the molecule is CCCCC1CCC(c2ccc(-c3cnc(Cl)c(Cl)c3)cc2F)CC1. The smallest absolute Gasteiger partial charge is 0.147 e. The van der Waals surface area contributed by atoms with Crippen molar-refractivity contribution in [2.24, 2.45) is 5.92 Å². The first-order valence-electron chi connectivity index (χ1n) is 9.19. The van der Waals surface area contributed by atoms with Crippen molar-refractivity contribution in [2.45, 2.75) is 57.8 Å². The molecule has 0 bridgehead atoms. The van der Waals surface area contributed by atoms with Gasteiger partial charge in [0.2, 0.25) is 0 Å². The molecule has 0 spiro atoms. The Hall–Kier alpha value is -1.12. The van der Waals surface area contributed by atoms with Crippen LogP contribution >= 0.6 is 23.2 Å². The van der Waals surface area contributed by atoms with Crippen LogP contribution in [0.2, 0.25) is 10.2 Å². The van der Waals surface area contributed by atoms with E-state index < -0.39 is 0 Å². The van der Waals surface area contributed by atoms with Crippen LogP contribution in [-0.2, 0) is 0 Å². The molecule has 25 heavy (non-hydrogen) atoms. The molecule has 0 N–H and O–H groups in total. The van der Waals surface area contributed by atoms with Crippen molar-refractivity contribution in [3.63, 3.8) is 0 Å². The lowest BCUT2D eigenvalue weighted by Crippen LogP contribution is -2.14. The molecule has 0 saturated heterocycles. The molecule has 2 aromatic rings. The van der Waals surface area contributed by atoms with Crippen LogP contribution in [-0.4, -0.2) is 4.98 Å². The van der Waals surface area contributed by atoms with E-state index in [2.05, 4.69) is 11.9 Å². The first-order chi connectivity index (χ1) is 12.1. The summed E-state index contributed by atoms with van der Waals surface area (Å²) in [6, 6.07) is 7.22. The molecule has 1 nitrogen and oxygen atoms in total. The van der Waals surface area contributed by atoms with E-state index in [-0.39, 0.29) is 11.0 Å². The van der Waals surface area contributed by atoms with Crippen LogP contribution in [0.3, 0.4) is 0 Å². The standard InChI is InChI=1S/C21H24Cl2FN/c1-2-3-4-14-5-7-15(8-6-14)18-10-9-16(12-20(18)24)17-11-19(22)21(23)25-13-17/h9-15H,2-8H2,1H3. The van der Waals surface area contributed by atoms with Crippen molar-refractivity contribution >= 4 is 23.2 Å². The van der Waals surface area contributed by atoms with Crippen LogP contribution in [0.1, 0.15) is 63.4 Å². The molecule has 1 fully saturated rings. The zero-order valence-corrected chi connectivity index (χ0v) is 16.1. The van der Waals surface area contributed by atoms with Crippen molar-refractivity contribution in [1.82, 2.24) is 4.98 Å². The Balaban J connectivity index is 1.71. The molecule has 4 heteroatoms. The second kappa shape index (κ2) is 8.51. The summed E-state index contributed by atoms with van der Waals surface area (Å²) in [5.74, 6) is 1.06. The van der Waals surface area contributed by atoms with Gasteiger partial charge in [-0.3, -0.25) is 0 Å². The molecule has 0 radical (unpaired) electrons. The van der Waals surface area contributed by atoms with Gasteiger partial charge in [-0.05, 0) is 60.8 Å². The van der Waals surface area contributed by atoms with Gasteiger partial charge in [-0.2, -0.15) is 0 Å². The van der Waals surface area contributed by atoms with Crippen molar-refractivity contribution in [2.75, 3.05) is 0 Å². The summed E-state index contributed by atoms with van der Waals surface area (Å²) in [6.45, 7) is 2.24. The highest BCUT2D eigenvalue weighted by molar-refractivity contribution is 6.41. The average molecular weight is 380 g/mol. The van der Waals surface area contributed by atoms with E-state index in [0.29, 0.717) is 10.9 Å². The summed E-state index contributed by atoms with van der Waals surface area (Å²) in [4.78, 5) is 4.04. The third-order valence-electron chi connectivity index (χ3n) is 5.38. The number of hydrogen-bond donors (Lipinski definition) is 0. The fraction of sp³-hybridized carbons (Fsp3) is 0.476. The maximum atomic E-state index is 14.7. The molecule has 3 rings (SSSR count). The van der Waals surface area contributed by atoms with Gasteiger partial charge in [-0.25, -0.2) is 9.37 Å². The Morgan fingerprint density at radius 1 is 1.08 bits per heavy atom. The summed E-state index contributed by atoms with van der Waals surface area (Å²) in [6.07, 6.45) is 10.2. The minimum atomic E-state index is -0.124. The summed E-state index contributed by atoms with van der Waals surface area (Å²) in [5, 5.41) is 0.649. The van der Waals surface area contributed by atoms with E-state index >= 15 is 0 Å². The largest absolute Gasteiger partial charge is 0.242 e. The molecule has 0 unspecified atom stereocenters.